The lowest BCUT2D eigenvalue weighted by molar-refractivity contribution is 0.566. The molecule has 0 aliphatic carbocycles. The van der Waals surface area contributed by atoms with E-state index in [2.05, 4.69) is 20.3 Å². The third-order valence-corrected chi connectivity index (χ3v) is 3.51. The molecule has 8 heteroatoms. The highest BCUT2D eigenvalue weighted by Crippen LogP contribution is 2.22. The number of aromatic nitrogens is 5. The lowest BCUT2D eigenvalue weighted by Crippen LogP contribution is -2.08. The van der Waals surface area contributed by atoms with Crippen molar-refractivity contribution in [2.45, 2.75) is 5.16 Å². The molecule has 0 atom stereocenters. The lowest BCUT2D eigenvalue weighted by Gasteiger charge is -2.01. The molecule has 0 saturated carbocycles. The maximum absolute atomic E-state index is 12.0. The van der Waals surface area contributed by atoms with Crippen LogP contribution in [0, 0.1) is 0 Å². The maximum Gasteiger partial charge on any atom is 0.366 e. The van der Waals surface area contributed by atoms with Gasteiger partial charge in [0, 0.05) is 5.39 Å². The van der Waals surface area contributed by atoms with E-state index in [1.165, 1.54) is 16.3 Å². The number of rotatable bonds is 1. The van der Waals surface area contributed by atoms with E-state index in [-0.39, 0.29) is 5.52 Å². The number of benzene rings is 1. The molecular weight excluding hydrogens is 278 g/mol. The van der Waals surface area contributed by atoms with Gasteiger partial charge in [0.2, 0.25) is 5.16 Å². The molecule has 0 saturated heterocycles. The molecular formula is C12H7N5O2S. The summed E-state index contributed by atoms with van der Waals surface area (Å²) in [4.78, 5) is 16.2. The Balaban J connectivity index is 2.35. The Bertz CT molecular complexity index is 1020. The molecule has 3 heterocycles. The zero-order valence-corrected chi connectivity index (χ0v) is 11.1. The Morgan fingerprint density at radius 3 is 2.95 bits per heavy atom. The van der Waals surface area contributed by atoms with Gasteiger partial charge in [0.15, 0.2) is 5.52 Å². The summed E-state index contributed by atoms with van der Waals surface area (Å²) < 4.78 is 6.77. The van der Waals surface area contributed by atoms with Gasteiger partial charge < -0.3 is 4.42 Å². The molecule has 98 valence electrons. The van der Waals surface area contributed by atoms with Crippen LogP contribution in [0.4, 0.5) is 0 Å². The van der Waals surface area contributed by atoms with E-state index in [1.807, 2.05) is 18.4 Å². The van der Waals surface area contributed by atoms with Crippen LogP contribution in [0.5, 0.6) is 0 Å². The predicted molar refractivity (Wildman–Crippen MR) is 73.9 cm³/mol. The first-order chi connectivity index (χ1) is 9.78. The van der Waals surface area contributed by atoms with Gasteiger partial charge in [-0.25, -0.2) is 4.79 Å². The standard InChI is InChI=1S/C12H7N5O2S/c1-20-12-13-11-15-14-8-9(17(11)16-12)6-4-2-3-5-7(6)19-10(8)18/h2-5H,1H3. The Morgan fingerprint density at radius 1 is 1.25 bits per heavy atom. The molecule has 0 aliphatic heterocycles. The van der Waals surface area contributed by atoms with Gasteiger partial charge in [-0.1, -0.05) is 23.9 Å². The monoisotopic (exact) mass is 285 g/mol. The number of para-hydroxylation sites is 1. The quantitative estimate of drug-likeness (QED) is 0.297. The molecule has 0 N–H and O–H groups in total. The second-order valence-electron chi connectivity index (χ2n) is 4.09. The van der Waals surface area contributed by atoms with E-state index in [1.54, 1.807) is 12.1 Å². The molecule has 7 nitrogen and oxygen atoms in total. The van der Waals surface area contributed by atoms with Crippen LogP contribution in [0.3, 0.4) is 0 Å². The second-order valence-corrected chi connectivity index (χ2v) is 4.87. The van der Waals surface area contributed by atoms with Gasteiger partial charge in [0.1, 0.15) is 11.1 Å². The Hall–Kier alpha value is -2.48. The fourth-order valence-corrected chi connectivity index (χ4v) is 2.44. The molecule has 4 rings (SSSR count). The van der Waals surface area contributed by atoms with Crippen LogP contribution in [0.15, 0.2) is 38.6 Å². The fourth-order valence-electron chi connectivity index (χ4n) is 2.11. The van der Waals surface area contributed by atoms with E-state index in [0.717, 1.165) is 5.39 Å². The first-order valence-electron chi connectivity index (χ1n) is 5.77. The minimum absolute atomic E-state index is 0.147. The number of thioether (sulfide) groups is 1. The average molecular weight is 285 g/mol. The number of nitrogens with zero attached hydrogens (tertiary/aromatic N) is 5. The third-order valence-electron chi connectivity index (χ3n) is 2.97. The smallest absolute Gasteiger partial charge is 0.366 e. The molecule has 0 spiro atoms. The van der Waals surface area contributed by atoms with Crippen LogP contribution >= 0.6 is 11.8 Å². The van der Waals surface area contributed by atoms with Crippen LogP contribution < -0.4 is 5.63 Å². The molecule has 0 radical (unpaired) electrons. The van der Waals surface area contributed by atoms with Gasteiger partial charge in [-0.2, -0.15) is 9.50 Å². The zero-order valence-electron chi connectivity index (χ0n) is 10.3. The third kappa shape index (κ3) is 1.45. The molecule has 3 aromatic heterocycles. The summed E-state index contributed by atoms with van der Waals surface area (Å²) in [5, 5.41) is 13.5. The Morgan fingerprint density at radius 2 is 2.10 bits per heavy atom. The maximum atomic E-state index is 12.0. The summed E-state index contributed by atoms with van der Waals surface area (Å²) in [6, 6.07) is 7.25. The second kappa shape index (κ2) is 4.01. The Kier molecular flexibility index (Phi) is 2.27. The highest BCUT2D eigenvalue weighted by Gasteiger charge is 2.15. The van der Waals surface area contributed by atoms with E-state index in [0.29, 0.717) is 22.0 Å². The van der Waals surface area contributed by atoms with Crippen molar-refractivity contribution in [2.75, 3.05) is 6.26 Å². The molecule has 1 aromatic carbocycles. The molecule has 0 bridgehead atoms. The summed E-state index contributed by atoms with van der Waals surface area (Å²) in [7, 11) is 0. The highest BCUT2D eigenvalue weighted by atomic mass is 32.2. The van der Waals surface area contributed by atoms with E-state index < -0.39 is 5.63 Å². The summed E-state index contributed by atoms with van der Waals surface area (Å²) in [5.74, 6) is 0.359. The van der Waals surface area contributed by atoms with Crippen LogP contribution in [-0.2, 0) is 0 Å². The van der Waals surface area contributed by atoms with E-state index in [9.17, 15) is 4.79 Å². The van der Waals surface area contributed by atoms with Crippen molar-refractivity contribution in [3.05, 3.63) is 34.7 Å². The molecule has 0 fully saturated rings. The first-order valence-corrected chi connectivity index (χ1v) is 6.99. The van der Waals surface area contributed by atoms with Crippen LogP contribution in [0.25, 0.3) is 27.8 Å². The van der Waals surface area contributed by atoms with Crippen molar-refractivity contribution in [3.63, 3.8) is 0 Å². The van der Waals surface area contributed by atoms with Gasteiger partial charge in [0.05, 0.1) is 0 Å². The van der Waals surface area contributed by atoms with Crippen molar-refractivity contribution in [1.82, 2.24) is 24.8 Å². The summed E-state index contributed by atoms with van der Waals surface area (Å²) in [5.41, 5.74) is 0.665. The predicted octanol–water partition coefficient (Wildman–Crippen LogP) is 1.50. The molecule has 4 aromatic rings. The van der Waals surface area contributed by atoms with Crippen molar-refractivity contribution in [2.24, 2.45) is 0 Å². The SMILES string of the molecule is CSc1nc2nnc3c(=O)oc4ccccc4c3n2n1. The number of fused-ring (bicyclic) bond motifs is 5. The van der Waals surface area contributed by atoms with Gasteiger partial charge in [-0.05, 0) is 18.4 Å². The topological polar surface area (TPSA) is 86.2 Å². The zero-order chi connectivity index (χ0) is 13.7. The van der Waals surface area contributed by atoms with Gasteiger partial charge in [-0.3, -0.25) is 0 Å². The first kappa shape index (κ1) is 11.4. The highest BCUT2D eigenvalue weighted by molar-refractivity contribution is 7.98. The Labute approximate surface area is 115 Å². The van der Waals surface area contributed by atoms with Crippen molar-refractivity contribution in [3.8, 4) is 0 Å². The van der Waals surface area contributed by atoms with Crippen molar-refractivity contribution in [1.29, 1.82) is 0 Å². The largest absolute Gasteiger partial charge is 0.421 e. The summed E-state index contributed by atoms with van der Waals surface area (Å²) in [6.45, 7) is 0. The average Bonchev–Trinajstić information content (AvgIpc) is 2.90. The summed E-state index contributed by atoms with van der Waals surface area (Å²) >= 11 is 1.40. The van der Waals surface area contributed by atoms with Crippen molar-refractivity contribution >= 4 is 39.5 Å². The number of hydrogen-bond acceptors (Lipinski definition) is 7. The molecule has 0 amide bonds. The summed E-state index contributed by atoms with van der Waals surface area (Å²) in [6.07, 6.45) is 1.87. The normalized spacial score (nSPS) is 11.7. The minimum Gasteiger partial charge on any atom is -0.421 e. The molecule has 0 unspecified atom stereocenters. The van der Waals surface area contributed by atoms with E-state index in [4.69, 9.17) is 4.42 Å². The van der Waals surface area contributed by atoms with Crippen molar-refractivity contribution < 1.29 is 4.42 Å². The number of hydrogen-bond donors (Lipinski definition) is 0. The van der Waals surface area contributed by atoms with Crippen LogP contribution in [-0.4, -0.2) is 31.1 Å². The lowest BCUT2D eigenvalue weighted by atomic mass is 10.2. The van der Waals surface area contributed by atoms with Gasteiger partial charge in [0.25, 0.3) is 5.78 Å². The molecule has 20 heavy (non-hydrogen) atoms. The fraction of sp³-hybridized carbons (Fsp3) is 0.0833. The van der Waals surface area contributed by atoms with E-state index >= 15 is 0 Å². The van der Waals surface area contributed by atoms with Crippen LogP contribution in [0.1, 0.15) is 0 Å². The van der Waals surface area contributed by atoms with Crippen LogP contribution in [0.2, 0.25) is 0 Å². The molecule has 0 aliphatic rings. The minimum atomic E-state index is -0.533. The van der Waals surface area contributed by atoms with Gasteiger partial charge in [-0.15, -0.1) is 15.3 Å². The van der Waals surface area contributed by atoms with Gasteiger partial charge >= 0.3 is 5.63 Å².